The summed E-state index contributed by atoms with van der Waals surface area (Å²) in [5.41, 5.74) is 0. The minimum Gasteiger partial charge on any atom is -0.343 e. The van der Waals surface area contributed by atoms with E-state index in [1.807, 2.05) is 6.92 Å². The Kier molecular flexibility index (Phi) is 4.27. The highest BCUT2D eigenvalue weighted by atomic mass is 32.2. The Balaban J connectivity index is 1.94. The molecule has 2 fully saturated rings. The summed E-state index contributed by atoms with van der Waals surface area (Å²) in [6.07, 6.45) is -0.398. The molecular formula is C16H23NO5S. The van der Waals surface area contributed by atoms with Gasteiger partial charge in [0.1, 0.15) is 12.2 Å². The van der Waals surface area contributed by atoms with Gasteiger partial charge >= 0.3 is 0 Å². The van der Waals surface area contributed by atoms with Gasteiger partial charge in [0, 0.05) is 0 Å². The van der Waals surface area contributed by atoms with Crippen molar-refractivity contribution in [3.05, 3.63) is 30.3 Å². The molecule has 2 aliphatic heterocycles. The van der Waals surface area contributed by atoms with Crippen molar-refractivity contribution in [1.82, 2.24) is 5.06 Å². The van der Waals surface area contributed by atoms with Crippen LogP contribution in [0, 0.1) is 0 Å². The number of hydrogen-bond donors (Lipinski definition) is 1. The smallest absolute Gasteiger partial charge is 0.182 e. The summed E-state index contributed by atoms with van der Waals surface area (Å²) in [6, 6.07) is 7.71. The minimum atomic E-state index is -3.58. The summed E-state index contributed by atoms with van der Waals surface area (Å²) in [5.74, 6) is -0.760. The molecule has 0 saturated carbocycles. The maximum Gasteiger partial charge on any atom is 0.182 e. The van der Waals surface area contributed by atoms with E-state index in [2.05, 4.69) is 0 Å². The summed E-state index contributed by atoms with van der Waals surface area (Å²) in [7, 11) is -3.58. The standard InChI is InChI=1S/C16H23NO5S/c1-4-13(23(19,20)11-8-6-5-7-9-11)14-15-12(10-17(14)18)21-16(2,3)22-15/h5-9,12-15,18H,4,10H2,1-3H3/t12-,13-,14+,15-/m1/s1. The molecule has 0 amide bonds. The van der Waals surface area contributed by atoms with E-state index in [0.29, 0.717) is 6.42 Å². The van der Waals surface area contributed by atoms with E-state index in [4.69, 9.17) is 9.47 Å². The fourth-order valence-corrected chi connectivity index (χ4v) is 5.59. The number of sulfone groups is 1. The van der Waals surface area contributed by atoms with Crippen molar-refractivity contribution >= 4 is 9.84 Å². The van der Waals surface area contributed by atoms with E-state index in [0.717, 1.165) is 5.06 Å². The van der Waals surface area contributed by atoms with Gasteiger partial charge in [-0.3, -0.25) is 0 Å². The van der Waals surface area contributed by atoms with E-state index in [1.165, 1.54) is 0 Å². The van der Waals surface area contributed by atoms with Crippen LogP contribution in [0.25, 0.3) is 0 Å². The van der Waals surface area contributed by atoms with Gasteiger partial charge in [0.2, 0.25) is 0 Å². The Morgan fingerprint density at radius 3 is 2.57 bits per heavy atom. The van der Waals surface area contributed by atoms with Gasteiger partial charge in [-0.25, -0.2) is 8.42 Å². The second kappa shape index (κ2) is 5.82. The molecule has 0 bridgehead atoms. The van der Waals surface area contributed by atoms with Crippen LogP contribution in [0.1, 0.15) is 27.2 Å². The summed E-state index contributed by atoms with van der Waals surface area (Å²) in [6.45, 7) is 5.67. The first-order chi connectivity index (χ1) is 10.8. The van der Waals surface area contributed by atoms with Gasteiger partial charge in [-0.2, -0.15) is 5.06 Å². The molecule has 128 valence electrons. The number of rotatable bonds is 4. The maximum atomic E-state index is 13.0. The fraction of sp³-hybridized carbons (Fsp3) is 0.625. The van der Waals surface area contributed by atoms with Gasteiger partial charge in [0.15, 0.2) is 15.6 Å². The van der Waals surface area contributed by atoms with Crippen molar-refractivity contribution in [2.24, 2.45) is 0 Å². The lowest BCUT2D eigenvalue weighted by Gasteiger charge is -2.31. The number of fused-ring (bicyclic) bond motifs is 1. The van der Waals surface area contributed by atoms with Crippen LogP contribution in [0.3, 0.4) is 0 Å². The first kappa shape index (κ1) is 16.9. The molecule has 1 N–H and O–H groups in total. The third-order valence-electron chi connectivity index (χ3n) is 4.52. The average molecular weight is 341 g/mol. The van der Waals surface area contributed by atoms with Gasteiger partial charge in [-0.15, -0.1) is 0 Å². The zero-order valence-corrected chi connectivity index (χ0v) is 14.4. The number of benzene rings is 1. The highest BCUT2D eigenvalue weighted by Gasteiger charge is 2.56. The molecule has 1 aromatic carbocycles. The van der Waals surface area contributed by atoms with Crippen LogP contribution in [0.5, 0.6) is 0 Å². The molecule has 0 radical (unpaired) electrons. The maximum absolute atomic E-state index is 13.0. The van der Waals surface area contributed by atoms with Crippen molar-refractivity contribution in [1.29, 1.82) is 0 Å². The van der Waals surface area contributed by atoms with Gasteiger partial charge in [-0.05, 0) is 32.4 Å². The number of hydroxylamine groups is 2. The summed E-state index contributed by atoms with van der Waals surface area (Å²) in [4.78, 5) is 0.266. The second-order valence-electron chi connectivity index (χ2n) is 6.56. The largest absolute Gasteiger partial charge is 0.343 e. The number of hydrogen-bond acceptors (Lipinski definition) is 6. The van der Waals surface area contributed by atoms with Crippen LogP contribution in [0.2, 0.25) is 0 Å². The number of ether oxygens (including phenoxy) is 2. The molecule has 23 heavy (non-hydrogen) atoms. The molecule has 3 rings (SSSR count). The summed E-state index contributed by atoms with van der Waals surface area (Å²) < 4.78 is 37.7. The molecule has 0 aliphatic carbocycles. The Labute approximate surface area is 136 Å². The van der Waals surface area contributed by atoms with Crippen LogP contribution in [-0.2, 0) is 19.3 Å². The first-order valence-electron chi connectivity index (χ1n) is 7.86. The topological polar surface area (TPSA) is 76.1 Å². The van der Waals surface area contributed by atoms with E-state index in [9.17, 15) is 13.6 Å². The molecule has 7 heteroatoms. The third-order valence-corrected chi connectivity index (χ3v) is 6.86. The molecular weight excluding hydrogens is 318 g/mol. The quantitative estimate of drug-likeness (QED) is 0.900. The van der Waals surface area contributed by atoms with E-state index >= 15 is 0 Å². The van der Waals surface area contributed by atoms with Crippen LogP contribution < -0.4 is 0 Å². The molecule has 1 aromatic rings. The zero-order chi connectivity index (χ0) is 16.8. The van der Waals surface area contributed by atoms with Crippen LogP contribution >= 0.6 is 0 Å². The van der Waals surface area contributed by atoms with Gasteiger partial charge < -0.3 is 14.7 Å². The molecule has 6 nitrogen and oxygen atoms in total. The Morgan fingerprint density at radius 1 is 1.30 bits per heavy atom. The lowest BCUT2D eigenvalue weighted by molar-refractivity contribution is -0.197. The second-order valence-corrected chi connectivity index (χ2v) is 8.72. The zero-order valence-electron chi connectivity index (χ0n) is 13.5. The molecule has 0 spiro atoms. The molecule has 2 heterocycles. The van der Waals surface area contributed by atoms with E-state index in [-0.39, 0.29) is 17.5 Å². The summed E-state index contributed by atoms with van der Waals surface area (Å²) in [5, 5.41) is 10.6. The molecule has 0 unspecified atom stereocenters. The SMILES string of the molecule is CC[C@H]([C@H]1[C@@H]2OC(C)(C)O[C@@H]2CN1O)S(=O)(=O)c1ccccc1. The molecule has 2 saturated heterocycles. The lowest BCUT2D eigenvalue weighted by Crippen LogP contribution is -2.48. The van der Waals surface area contributed by atoms with Gasteiger partial charge in [0.05, 0.1) is 22.7 Å². The normalized spacial score (nSPS) is 31.9. The number of nitrogens with zero attached hydrogens (tertiary/aromatic N) is 1. The highest BCUT2D eigenvalue weighted by Crippen LogP contribution is 2.39. The van der Waals surface area contributed by atoms with Crippen LogP contribution in [-0.4, -0.2) is 54.5 Å². The van der Waals surface area contributed by atoms with Gasteiger partial charge in [-0.1, -0.05) is 25.1 Å². The van der Waals surface area contributed by atoms with Crippen LogP contribution in [0.4, 0.5) is 0 Å². The third kappa shape index (κ3) is 2.92. The van der Waals surface area contributed by atoms with Crippen molar-refractivity contribution in [2.75, 3.05) is 6.54 Å². The summed E-state index contributed by atoms with van der Waals surface area (Å²) >= 11 is 0. The monoisotopic (exact) mass is 341 g/mol. The highest BCUT2D eigenvalue weighted by molar-refractivity contribution is 7.92. The predicted molar refractivity (Wildman–Crippen MR) is 83.8 cm³/mol. The van der Waals surface area contributed by atoms with E-state index < -0.39 is 33.0 Å². The van der Waals surface area contributed by atoms with Gasteiger partial charge in [0.25, 0.3) is 0 Å². The Morgan fingerprint density at radius 2 is 1.96 bits per heavy atom. The van der Waals surface area contributed by atoms with Crippen molar-refractivity contribution in [2.45, 2.75) is 61.4 Å². The molecule has 4 atom stereocenters. The van der Waals surface area contributed by atoms with Crippen LogP contribution in [0.15, 0.2) is 35.2 Å². The fourth-order valence-electron chi connectivity index (χ4n) is 3.60. The van der Waals surface area contributed by atoms with Crippen molar-refractivity contribution in [3.63, 3.8) is 0 Å². The first-order valence-corrected chi connectivity index (χ1v) is 9.41. The van der Waals surface area contributed by atoms with E-state index in [1.54, 1.807) is 44.2 Å². The molecule has 0 aromatic heterocycles. The average Bonchev–Trinajstić information content (AvgIpc) is 2.93. The lowest BCUT2D eigenvalue weighted by atomic mass is 10.1. The Bertz CT molecular complexity index is 660. The van der Waals surface area contributed by atoms with Crippen molar-refractivity contribution in [3.8, 4) is 0 Å². The van der Waals surface area contributed by atoms with Crippen molar-refractivity contribution < 1.29 is 23.1 Å². The molecule has 2 aliphatic rings. The predicted octanol–water partition coefficient (Wildman–Crippen LogP) is 1.83. The Hall–Kier alpha value is -0.990. The minimum absolute atomic E-state index is 0.250.